The average Bonchev–Trinajstić information content (AvgIpc) is 2.45. The van der Waals surface area contributed by atoms with E-state index in [9.17, 15) is 18.0 Å². The summed E-state index contributed by atoms with van der Waals surface area (Å²) in [7, 11) is 1.61. The van der Waals surface area contributed by atoms with Crippen molar-refractivity contribution in [3.05, 3.63) is 18.2 Å². The van der Waals surface area contributed by atoms with Crippen LogP contribution in [-0.4, -0.2) is 37.7 Å². The molecule has 0 saturated heterocycles. The summed E-state index contributed by atoms with van der Waals surface area (Å²) in [5.41, 5.74) is 1.04. The third kappa shape index (κ3) is 2.71. The number of nitrogens with one attached hydrogen (secondary N) is 1. The van der Waals surface area contributed by atoms with Crippen molar-refractivity contribution in [2.45, 2.75) is 37.4 Å². The lowest BCUT2D eigenvalue weighted by Crippen LogP contribution is -2.42. The highest BCUT2D eigenvalue weighted by atomic mass is 19.3. The van der Waals surface area contributed by atoms with Gasteiger partial charge in [-0.25, -0.2) is 13.2 Å². The predicted octanol–water partition coefficient (Wildman–Crippen LogP) is 2.98. The molecule has 1 aliphatic carbocycles. The van der Waals surface area contributed by atoms with E-state index in [2.05, 4.69) is 5.32 Å². The van der Waals surface area contributed by atoms with Gasteiger partial charge in [-0.05, 0) is 18.6 Å². The first-order valence-electron chi connectivity index (χ1n) is 7.18. The van der Waals surface area contributed by atoms with Crippen molar-refractivity contribution in [1.82, 2.24) is 0 Å². The van der Waals surface area contributed by atoms with Crippen LogP contribution in [0.25, 0.3) is 0 Å². The second-order valence-electron chi connectivity index (χ2n) is 5.76. The Balaban J connectivity index is 1.83. The van der Waals surface area contributed by atoms with Crippen molar-refractivity contribution in [1.29, 1.82) is 0 Å². The molecule has 2 atom stereocenters. The number of hydrogen-bond acceptors (Lipinski definition) is 3. The van der Waals surface area contributed by atoms with Crippen LogP contribution in [0.5, 0.6) is 5.75 Å². The first-order valence-corrected chi connectivity index (χ1v) is 7.18. The molecule has 3 rings (SSSR count). The van der Waals surface area contributed by atoms with E-state index < -0.39 is 24.6 Å². The first-order chi connectivity index (χ1) is 10.4. The topological polar surface area (TPSA) is 41.6 Å². The molecule has 7 heteroatoms. The molecule has 22 heavy (non-hydrogen) atoms. The van der Waals surface area contributed by atoms with Gasteiger partial charge in [0.05, 0.1) is 11.7 Å². The van der Waals surface area contributed by atoms with Crippen LogP contribution in [0, 0.1) is 0 Å². The number of fused-ring (bicyclic) bond motifs is 1. The van der Waals surface area contributed by atoms with Crippen LogP contribution in [-0.2, 0) is 4.79 Å². The van der Waals surface area contributed by atoms with Crippen molar-refractivity contribution in [3.63, 3.8) is 0 Å². The number of nitrogens with zero attached hydrogens (tertiary/aromatic N) is 1. The number of alkyl halides is 3. The van der Waals surface area contributed by atoms with Crippen LogP contribution in [0.3, 0.4) is 0 Å². The van der Waals surface area contributed by atoms with Crippen LogP contribution < -0.4 is 15.0 Å². The SMILES string of the molecule is CN1C(=O)COc2cccc(NC3CCC(F)(F)CC3F)c21. The molecular formula is C15H17F3N2O2. The van der Waals surface area contributed by atoms with Gasteiger partial charge >= 0.3 is 0 Å². The number of anilines is 2. The fourth-order valence-corrected chi connectivity index (χ4v) is 2.90. The highest BCUT2D eigenvalue weighted by molar-refractivity contribution is 6.01. The largest absolute Gasteiger partial charge is 0.481 e. The molecule has 2 unspecified atom stereocenters. The highest BCUT2D eigenvalue weighted by Crippen LogP contribution is 2.41. The molecule has 1 saturated carbocycles. The van der Waals surface area contributed by atoms with Crippen LogP contribution in [0.1, 0.15) is 19.3 Å². The third-order valence-electron chi connectivity index (χ3n) is 4.15. The van der Waals surface area contributed by atoms with E-state index in [4.69, 9.17) is 4.74 Å². The Morgan fingerprint density at radius 3 is 2.91 bits per heavy atom. The van der Waals surface area contributed by atoms with Gasteiger partial charge in [-0.1, -0.05) is 6.07 Å². The quantitative estimate of drug-likeness (QED) is 0.912. The molecular weight excluding hydrogens is 297 g/mol. The summed E-state index contributed by atoms with van der Waals surface area (Å²) in [5, 5.41) is 2.97. The Hall–Kier alpha value is -1.92. The maximum absolute atomic E-state index is 14.0. The van der Waals surface area contributed by atoms with Crippen molar-refractivity contribution in [3.8, 4) is 5.75 Å². The van der Waals surface area contributed by atoms with Crippen LogP contribution in [0.2, 0.25) is 0 Å². The number of amides is 1. The number of carbonyl (C=O) groups is 1. The van der Waals surface area contributed by atoms with Crippen LogP contribution in [0.15, 0.2) is 18.2 Å². The fourth-order valence-electron chi connectivity index (χ4n) is 2.90. The number of halogens is 3. The van der Waals surface area contributed by atoms with Gasteiger partial charge < -0.3 is 15.0 Å². The second-order valence-corrected chi connectivity index (χ2v) is 5.76. The van der Waals surface area contributed by atoms with Crippen molar-refractivity contribution < 1.29 is 22.7 Å². The summed E-state index contributed by atoms with van der Waals surface area (Å²) < 4.78 is 45.8. The minimum Gasteiger partial charge on any atom is -0.481 e. The van der Waals surface area contributed by atoms with Gasteiger partial charge in [0.2, 0.25) is 0 Å². The molecule has 1 heterocycles. The van der Waals surface area contributed by atoms with E-state index >= 15 is 0 Å². The number of hydrogen-bond donors (Lipinski definition) is 1. The molecule has 1 amide bonds. The summed E-state index contributed by atoms with van der Waals surface area (Å²) in [4.78, 5) is 13.2. The standard InChI is InChI=1S/C15H17F3N2O2/c1-20-13(21)8-22-12-4-2-3-11(14(12)20)19-10-5-6-15(17,18)7-9(10)16/h2-4,9-10,19H,5-8H2,1H3. The number of carbonyl (C=O) groups excluding carboxylic acids is 1. The zero-order chi connectivity index (χ0) is 15.9. The van der Waals surface area contributed by atoms with Gasteiger partial charge in [-0.15, -0.1) is 0 Å². The van der Waals surface area contributed by atoms with Gasteiger partial charge in [0.15, 0.2) is 6.61 Å². The van der Waals surface area contributed by atoms with E-state index in [-0.39, 0.29) is 25.4 Å². The van der Waals surface area contributed by atoms with Gasteiger partial charge in [0.25, 0.3) is 11.8 Å². The van der Waals surface area contributed by atoms with Gasteiger partial charge in [0, 0.05) is 19.9 Å². The number of ether oxygens (including phenoxy) is 1. The molecule has 1 aromatic rings. The summed E-state index contributed by atoms with van der Waals surface area (Å²) in [6, 6.07) is 4.43. The minimum absolute atomic E-state index is 0.0380. The van der Waals surface area contributed by atoms with Crippen molar-refractivity contribution in [2.75, 3.05) is 23.9 Å². The molecule has 0 bridgehead atoms. The van der Waals surface area contributed by atoms with Crippen LogP contribution >= 0.6 is 0 Å². The molecule has 2 aliphatic rings. The molecule has 4 nitrogen and oxygen atoms in total. The maximum atomic E-state index is 14.0. The number of para-hydroxylation sites is 1. The lowest BCUT2D eigenvalue weighted by molar-refractivity contribution is -0.120. The summed E-state index contributed by atoms with van der Waals surface area (Å²) >= 11 is 0. The van der Waals surface area contributed by atoms with E-state index in [0.29, 0.717) is 17.1 Å². The van der Waals surface area contributed by atoms with Gasteiger partial charge in [0.1, 0.15) is 17.6 Å². The average molecular weight is 314 g/mol. The van der Waals surface area contributed by atoms with E-state index in [1.807, 2.05) is 0 Å². The zero-order valence-corrected chi connectivity index (χ0v) is 12.1. The zero-order valence-electron chi connectivity index (χ0n) is 12.1. The molecule has 120 valence electrons. The summed E-state index contributed by atoms with van der Waals surface area (Å²) in [6.45, 7) is -0.0473. The van der Waals surface area contributed by atoms with Crippen molar-refractivity contribution >= 4 is 17.3 Å². The Kier molecular flexibility index (Phi) is 3.66. The third-order valence-corrected chi connectivity index (χ3v) is 4.15. The lowest BCUT2D eigenvalue weighted by atomic mass is 9.90. The Bertz CT molecular complexity index is 594. The molecule has 1 N–H and O–H groups in total. The predicted molar refractivity (Wildman–Crippen MR) is 76.5 cm³/mol. The lowest BCUT2D eigenvalue weighted by Gasteiger charge is -2.34. The molecule has 0 spiro atoms. The molecule has 0 aromatic heterocycles. The van der Waals surface area contributed by atoms with E-state index in [1.54, 1.807) is 25.2 Å². The number of likely N-dealkylation sites (N-methyl/N-ethyl adjacent to an activating group) is 1. The Morgan fingerprint density at radius 1 is 1.41 bits per heavy atom. The maximum Gasteiger partial charge on any atom is 0.264 e. The molecule has 1 aliphatic heterocycles. The smallest absolute Gasteiger partial charge is 0.264 e. The summed E-state index contributed by atoms with van der Waals surface area (Å²) in [6.07, 6.45) is -2.71. The normalized spacial score (nSPS) is 27.1. The van der Waals surface area contributed by atoms with E-state index in [0.717, 1.165) is 0 Å². The monoisotopic (exact) mass is 314 g/mol. The molecule has 1 aromatic carbocycles. The minimum atomic E-state index is -2.94. The second kappa shape index (κ2) is 5.37. The number of benzene rings is 1. The summed E-state index contributed by atoms with van der Waals surface area (Å²) in [5.74, 6) is -2.64. The highest BCUT2D eigenvalue weighted by Gasteiger charge is 2.42. The van der Waals surface area contributed by atoms with Crippen molar-refractivity contribution in [2.24, 2.45) is 0 Å². The molecule has 1 fully saturated rings. The Morgan fingerprint density at radius 2 is 2.18 bits per heavy atom. The van der Waals surface area contributed by atoms with E-state index in [1.165, 1.54) is 4.90 Å². The van der Waals surface area contributed by atoms with Gasteiger partial charge in [-0.3, -0.25) is 4.79 Å². The Labute approximate surface area is 126 Å². The molecule has 0 radical (unpaired) electrons. The van der Waals surface area contributed by atoms with Crippen LogP contribution in [0.4, 0.5) is 24.5 Å². The number of rotatable bonds is 2. The fraction of sp³-hybridized carbons (Fsp3) is 0.533. The van der Waals surface area contributed by atoms with Gasteiger partial charge in [-0.2, -0.15) is 0 Å². The first kappa shape index (κ1) is 15.0.